The molecule has 18 heavy (non-hydrogen) atoms. The van der Waals surface area contributed by atoms with Crippen LogP contribution in [0.25, 0.3) is 0 Å². The van der Waals surface area contributed by atoms with Crippen LogP contribution in [0.15, 0.2) is 40.9 Å². The van der Waals surface area contributed by atoms with Crippen molar-refractivity contribution >= 4 is 50.3 Å². The Morgan fingerprint density at radius 3 is 1.61 bits per heavy atom. The van der Waals surface area contributed by atoms with Gasteiger partial charge in [-0.05, 0) is 36.4 Å². The Balaban J connectivity index is 0.000000180. The highest BCUT2D eigenvalue weighted by atomic mass is 79.9. The first-order chi connectivity index (χ1) is 8.40. The van der Waals surface area contributed by atoms with Crippen LogP contribution < -0.4 is 22.9 Å². The van der Waals surface area contributed by atoms with Crippen LogP contribution in [0.2, 0.25) is 5.02 Å². The lowest BCUT2D eigenvalue weighted by molar-refractivity contribution is 1.62. The third-order valence-electron chi connectivity index (χ3n) is 2.10. The topological polar surface area (TPSA) is 104 Å². The molecule has 0 saturated heterocycles. The number of hydrogen-bond donors (Lipinski definition) is 4. The Labute approximate surface area is 119 Å². The molecule has 0 unspecified atom stereocenters. The number of nitrogens with two attached hydrogens (primary N) is 4. The Kier molecular flexibility index (Phi) is 5.12. The maximum absolute atomic E-state index is 5.58. The highest BCUT2D eigenvalue weighted by Crippen LogP contribution is 2.19. The van der Waals surface area contributed by atoms with E-state index in [1.165, 1.54) is 0 Å². The molecule has 8 N–H and O–H groups in total. The van der Waals surface area contributed by atoms with Crippen LogP contribution in [0.1, 0.15) is 0 Å². The first-order valence-electron chi connectivity index (χ1n) is 5.01. The van der Waals surface area contributed by atoms with Gasteiger partial charge >= 0.3 is 0 Å². The molecule has 6 heteroatoms. The molecule has 0 radical (unpaired) electrons. The summed E-state index contributed by atoms with van der Waals surface area (Å²) in [6, 6.07) is 10.4. The average Bonchev–Trinajstić information content (AvgIpc) is 2.30. The molecule has 0 aliphatic rings. The van der Waals surface area contributed by atoms with E-state index in [2.05, 4.69) is 15.9 Å². The molecule has 0 fully saturated rings. The highest BCUT2D eigenvalue weighted by Gasteiger charge is 1.92. The van der Waals surface area contributed by atoms with E-state index in [1.807, 2.05) is 6.07 Å². The lowest BCUT2D eigenvalue weighted by Gasteiger charge is -1.97. The van der Waals surface area contributed by atoms with Gasteiger partial charge in [0.05, 0.1) is 22.7 Å². The van der Waals surface area contributed by atoms with E-state index in [1.54, 1.807) is 30.3 Å². The molecule has 0 aliphatic carbocycles. The molecular formula is C12H14BrClN4. The summed E-state index contributed by atoms with van der Waals surface area (Å²) < 4.78 is 0.953. The highest BCUT2D eigenvalue weighted by molar-refractivity contribution is 9.10. The van der Waals surface area contributed by atoms with Crippen molar-refractivity contribution in [2.24, 2.45) is 0 Å². The van der Waals surface area contributed by atoms with E-state index >= 15 is 0 Å². The van der Waals surface area contributed by atoms with Crippen molar-refractivity contribution in [1.82, 2.24) is 0 Å². The number of rotatable bonds is 0. The predicted molar refractivity (Wildman–Crippen MR) is 83.2 cm³/mol. The quantitative estimate of drug-likeness (QED) is 0.557. The van der Waals surface area contributed by atoms with Crippen molar-refractivity contribution in [3.63, 3.8) is 0 Å². The Bertz CT molecular complexity index is 496. The van der Waals surface area contributed by atoms with Crippen LogP contribution in [0.4, 0.5) is 22.7 Å². The molecule has 0 atom stereocenters. The molecule has 0 aliphatic heterocycles. The van der Waals surface area contributed by atoms with Crippen molar-refractivity contribution < 1.29 is 0 Å². The fourth-order valence-corrected chi connectivity index (χ4v) is 1.65. The maximum Gasteiger partial charge on any atom is 0.0562 e. The molecule has 2 rings (SSSR count). The molecular weight excluding hydrogens is 316 g/mol. The van der Waals surface area contributed by atoms with E-state index in [-0.39, 0.29) is 0 Å². The molecule has 0 spiro atoms. The van der Waals surface area contributed by atoms with Gasteiger partial charge in [0.1, 0.15) is 0 Å². The van der Waals surface area contributed by atoms with Crippen molar-refractivity contribution in [1.29, 1.82) is 0 Å². The zero-order chi connectivity index (χ0) is 13.7. The maximum atomic E-state index is 5.58. The van der Waals surface area contributed by atoms with Crippen LogP contribution in [-0.4, -0.2) is 0 Å². The lowest BCUT2D eigenvalue weighted by atomic mass is 10.3. The number of nitrogen functional groups attached to an aromatic ring is 4. The fraction of sp³-hybridized carbons (Fsp3) is 0. The molecule has 4 nitrogen and oxygen atoms in total. The standard InChI is InChI=1S/C6H7BrN2.C6H7ClN2/c2*7-4-1-2-5(8)6(9)3-4/h2*1-3H,8-9H2. The summed E-state index contributed by atoms with van der Waals surface area (Å²) in [5.74, 6) is 0. The van der Waals surface area contributed by atoms with Gasteiger partial charge in [0, 0.05) is 9.50 Å². The Morgan fingerprint density at radius 1 is 0.722 bits per heavy atom. The van der Waals surface area contributed by atoms with Gasteiger partial charge in [-0.3, -0.25) is 0 Å². The Morgan fingerprint density at radius 2 is 1.22 bits per heavy atom. The van der Waals surface area contributed by atoms with Gasteiger partial charge < -0.3 is 22.9 Å². The molecule has 2 aromatic carbocycles. The largest absolute Gasteiger partial charge is 0.397 e. The van der Waals surface area contributed by atoms with E-state index in [0.29, 0.717) is 27.8 Å². The van der Waals surface area contributed by atoms with E-state index in [0.717, 1.165) is 4.47 Å². The van der Waals surface area contributed by atoms with Crippen LogP contribution in [-0.2, 0) is 0 Å². The second kappa shape index (κ2) is 6.37. The second-order valence-electron chi connectivity index (χ2n) is 3.55. The zero-order valence-corrected chi connectivity index (χ0v) is 11.9. The second-order valence-corrected chi connectivity index (χ2v) is 4.90. The van der Waals surface area contributed by atoms with Crippen LogP contribution in [0, 0.1) is 0 Å². The van der Waals surface area contributed by atoms with Crippen molar-refractivity contribution in [2.45, 2.75) is 0 Å². The van der Waals surface area contributed by atoms with E-state index in [9.17, 15) is 0 Å². The minimum atomic E-state index is 0.530. The average molecular weight is 330 g/mol. The minimum absolute atomic E-state index is 0.530. The number of benzene rings is 2. The first kappa shape index (κ1) is 14.5. The van der Waals surface area contributed by atoms with Crippen molar-refractivity contribution in [2.75, 3.05) is 22.9 Å². The van der Waals surface area contributed by atoms with Gasteiger partial charge in [0.15, 0.2) is 0 Å². The summed E-state index contributed by atoms with van der Waals surface area (Å²) in [5.41, 5.74) is 24.1. The van der Waals surface area contributed by atoms with Crippen LogP contribution >= 0.6 is 27.5 Å². The predicted octanol–water partition coefficient (Wildman–Crippen LogP) is 3.12. The van der Waals surface area contributed by atoms with Crippen molar-refractivity contribution in [3.05, 3.63) is 45.9 Å². The lowest BCUT2D eigenvalue weighted by Crippen LogP contribution is -1.92. The van der Waals surface area contributed by atoms with Crippen LogP contribution in [0.3, 0.4) is 0 Å². The third-order valence-corrected chi connectivity index (χ3v) is 2.83. The third kappa shape index (κ3) is 4.35. The zero-order valence-electron chi connectivity index (χ0n) is 9.53. The SMILES string of the molecule is Nc1ccc(Br)cc1N.Nc1ccc(Cl)cc1N. The summed E-state index contributed by atoms with van der Waals surface area (Å²) in [6.07, 6.45) is 0. The van der Waals surface area contributed by atoms with Gasteiger partial charge in [0.2, 0.25) is 0 Å². The Hall–Kier alpha value is -1.59. The summed E-state index contributed by atoms with van der Waals surface area (Å²) in [7, 11) is 0. The molecule has 0 aromatic heterocycles. The smallest absolute Gasteiger partial charge is 0.0562 e. The van der Waals surface area contributed by atoms with Gasteiger partial charge in [0.25, 0.3) is 0 Å². The normalized spacial score (nSPS) is 9.44. The van der Waals surface area contributed by atoms with Gasteiger partial charge in [-0.25, -0.2) is 0 Å². The molecule has 96 valence electrons. The molecule has 0 heterocycles. The summed E-state index contributed by atoms with van der Waals surface area (Å²) in [6.45, 7) is 0. The van der Waals surface area contributed by atoms with E-state index in [4.69, 9.17) is 34.5 Å². The van der Waals surface area contributed by atoms with Gasteiger partial charge in [-0.15, -0.1) is 0 Å². The summed E-state index contributed by atoms with van der Waals surface area (Å²) in [4.78, 5) is 0. The first-order valence-corrected chi connectivity index (χ1v) is 6.18. The molecule has 0 saturated carbocycles. The molecule has 0 bridgehead atoms. The fourth-order valence-electron chi connectivity index (χ4n) is 1.09. The molecule has 0 amide bonds. The number of hydrogen-bond acceptors (Lipinski definition) is 4. The number of anilines is 4. The van der Waals surface area contributed by atoms with Crippen LogP contribution in [0.5, 0.6) is 0 Å². The van der Waals surface area contributed by atoms with Crippen molar-refractivity contribution in [3.8, 4) is 0 Å². The minimum Gasteiger partial charge on any atom is -0.397 e. The number of halogens is 2. The van der Waals surface area contributed by atoms with Gasteiger partial charge in [-0.1, -0.05) is 27.5 Å². The monoisotopic (exact) mass is 328 g/mol. The van der Waals surface area contributed by atoms with E-state index < -0.39 is 0 Å². The molecule has 2 aromatic rings. The summed E-state index contributed by atoms with van der Waals surface area (Å²) in [5, 5.41) is 0.613. The van der Waals surface area contributed by atoms with Gasteiger partial charge in [-0.2, -0.15) is 0 Å². The summed E-state index contributed by atoms with van der Waals surface area (Å²) >= 11 is 8.84.